The van der Waals surface area contributed by atoms with Gasteiger partial charge in [-0.05, 0) is 68.6 Å². The molecule has 0 heterocycles. The van der Waals surface area contributed by atoms with E-state index in [1.54, 1.807) is 20.3 Å². The molecule has 0 aromatic heterocycles. The third-order valence-corrected chi connectivity index (χ3v) is 6.40. The summed E-state index contributed by atoms with van der Waals surface area (Å²) in [6.45, 7) is 0. The lowest BCUT2D eigenvalue weighted by Crippen LogP contribution is -2.28. The van der Waals surface area contributed by atoms with Crippen LogP contribution in [0.3, 0.4) is 0 Å². The molecular weight excluding hydrogens is 428 g/mol. The van der Waals surface area contributed by atoms with Crippen LogP contribution in [-0.2, 0) is 20.7 Å². The van der Waals surface area contributed by atoms with Crippen molar-refractivity contribution in [1.29, 1.82) is 0 Å². The van der Waals surface area contributed by atoms with Crippen molar-refractivity contribution in [2.24, 2.45) is 0 Å². The number of Topliss-reactive ketones (excluding diaryl/α,β-unsaturated/α-hetero) is 1. The van der Waals surface area contributed by atoms with E-state index in [2.05, 4.69) is 4.74 Å². The third kappa shape index (κ3) is 6.87. The van der Waals surface area contributed by atoms with Crippen molar-refractivity contribution in [3.8, 4) is 11.5 Å². The molecule has 1 aliphatic carbocycles. The fourth-order valence-electron chi connectivity index (χ4n) is 3.85. The number of esters is 1. The normalized spacial score (nSPS) is 19.2. The van der Waals surface area contributed by atoms with Crippen LogP contribution in [0.2, 0.25) is 0 Å². The van der Waals surface area contributed by atoms with E-state index in [4.69, 9.17) is 9.47 Å². The zero-order valence-electron chi connectivity index (χ0n) is 19.4. The molecule has 1 aromatic rings. The summed E-state index contributed by atoms with van der Waals surface area (Å²) in [5.41, 5.74) is 0.320. The van der Waals surface area contributed by atoms with Gasteiger partial charge in [-0.1, -0.05) is 18.6 Å². The van der Waals surface area contributed by atoms with Crippen molar-refractivity contribution in [1.82, 2.24) is 0 Å². The number of methoxy groups -OCH3 is 3. The highest BCUT2D eigenvalue weighted by molar-refractivity contribution is 8.03. The van der Waals surface area contributed by atoms with Gasteiger partial charge in [0.25, 0.3) is 0 Å². The summed E-state index contributed by atoms with van der Waals surface area (Å²) < 4.78 is 15.3. The number of benzene rings is 1. The molecule has 0 fully saturated rings. The van der Waals surface area contributed by atoms with Gasteiger partial charge in [-0.2, -0.15) is 0 Å². The van der Waals surface area contributed by atoms with Crippen LogP contribution in [-0.4, -0.2) is 50.0 Å². The summed E-state index contributed by atoms with van der Waals surface area (Å²) in [6, 6.07) is 5.80. The largest absolute Gasteiger partial charge is 0.493 e. The molecule has 2 rings (SSSR count). The first-order valence-electron chi connectivity index (χ1n) is 10.9. The average Bonchev–Trinajstić information content (AvgIpc) is 3.05. The molecule has 0 radical (unpaired) electrons. The van der Waals surface area contributed by atoms with Crippen LogP contribution in [0.4, 0.5) is 0 Å². The molecule has 1 unspecified atom stereocenters. The first-order chi connectivity index (χ1) is 15.4. The molecule has 1 aliphatic rings. The van der Waals surface area contributed by atoms with Gasteiger partial charge in [0.2, 0.25) is 0 Å². The van der Waals surface area contributed by atoms with E-state index >= 15 is 0 Å². The number of rotatable bonds is 13. The van der Waals surface area contributed by atoms with Crippen LogP contribution in [0.15, 0.2) is 40.8 Å². The highest BCUT2D eigenvalue weighted by Gasteiger charge is 2.40. The number of aryl methyl sites for hydroxylation is 1. The molecule has 0 bridgehead atoms. The second-order valence-electron chi connectivity index (χ2n) is 7.80. The first kappa shape index (κ1) is 26.0. The minimum atomic E-state index is -1.24. The fourth-order valence-corrected chi connectivity index (χ4v) is 4.46. The monoisotopic (exact) mass is 462 g/mol. The maximum absolute atomic E-state index is 12.8. The predicted octanol–water partition coefficient (Wildman–Crippen LogP) is 4.64. The Morgan fingerprint density at radius 1 is 1.09 bits per heavy atom. The van der Waals surface area contributed by atoms with E-state index in [0.717, 1.165) is 31.2 Å². The molecule has 6 nitrogen and oxygen atoms in total. The lowest BCUT2D eigenvalue weighted by molar-refractivity contribution is -0.140. The lowest BCUT2D eigenvalue weighted by atomic mass is 9.89. The highest BCUT2D eigenvalue weighted by atomic mass is 32.2. The van der Waals surface area contributed by atoms with Crippen LogP contribution in [0.1, 0.15) is 50.5 Å². The summed E-state index contributed by atoms with van der Waals surface area (Å²) in [6.07, 6.45) is 10.9. The second-order valence-corrected chi connectivity index (χ2v) is 8.65. The third-order valence-electron chi connectivity index (χ3n) is 5.66. The van der Waals surface area contributed by atoms with Crippen molar-refractivity contribution >= 4 is 23.5 Å². The van der Waals surface area contributed by atoms with E-state index in [0.29, 0.717) is 47.7 Å². The number of thioether (sulfide) groups is 1. The SMILES string of the molecule is COC(=O)CCCCCC=C1C(=O)C(SC)=CC1(O)CCCc1ccc(OC)c(OC)c1. The highest BCUT2D eigenvalue weighted by Crippen LogP contribution is 2.39. The van der Waals surface area contributed by atoms with Crippen LogP contribution in [0.5, 0.6) is 11.5 Å². The fraction of sp³-hybridized carbons (Fsp3) is 0.520. The van der Waals surface area contributed by atoms with Gasteiger partial charge in [-0.15, -0.1) is 11.8 Å². The smallest absolute Gasteiger partial charge is 0.305 e. The van der Waals surface area contributed by atoms with Gasteiger partial charge in [0.05, 0.1) is 26.2 Å². The van der Waals surface area contributed by atoms with Gasteiger partial charge >= 0.3 is 5.97 Å². The van der Waals surface area contributed by atoms with Crippen LogP contribution < -0.4 is 9.47 Å². The Labute approximate surface area is 195 Å². The molecule has 1 atom stereocenters. The van der Waals surface area contributed by atoms with Crippen LogP contribution in [0.25, 0.3) is 0 Å². The number of aliphatic hydroxyl groups is 1. The van der Waals surface area contributed by atoms with Crippen molar-refractivity contribution in [3.05, 3.63) is 46.4 Å². The quantitative estimate of drug-likeness (QED) is 0.260. The molecule has 32 heavy (non-hydrogen) atoms. The lowest BCUT2D eigenvalue weighted by Gasteiger charge is -2.22. The zero-order chi connectivity index (χ0) is 23.6. The molecule has 0 aliphatic heterocycles. The van der Waals surface area contributed by atoms with Gasteiger partial charge in [0.15, 0.2) is 17.3 Å². The number of hydrogen-bond donors (Lipinski definition) is 1. The summed E-state index contributed by atoms with van der Waals surface area (Å²) in [5, 5.41) is 11.3. The summed E-state index contributed by atoms with van der Waals surface area (Å²) >= 11 is 1.37. The molecule has 1 aromatic carbocycles. The Bertz CT molecular complexity index is 860. The van der Waals surface area contributed by atoms with E-state index in [1.807, 2.05) is 30.5 Å². The van der Waals surface area contributed by atoms with E-state index in [-0.39, 0.29) is 11.8 Å². The molecule has 1 N–H and O–H groups in total. The molecule has 7 heteroatoms. The molecular formula is C25H34O6S. The Kier molecular flexibility index (Phi) is 10.3. The Morgan fingerprint density at radius 3 is 2.50 bits per heavy atom. The minimum Gasteiger partial charge on any atom is -0.493 e. The standard InChI is InChI=1S/C25H34O6S/c1-29-20-14-13-18(16-21(20)30-2)10-9-15-25(28)17-22(32-4)24(27)19(25)11-7-5-6-8-12-23(26)31-3/h11,13-14,16-17,28H,5-10,12,15H2,1-4H3. The number of ether oxygens (including phenoxy) is 3. The van der Waals surface area contributed by atoms with Crippen molar-refractivity contribution < 1.29 is 28.9 Å². The number of unbranched alkanes of at least 4 members (excludes halogenated alkanes) is 3. The van der Waals surface area contributed by atoms with Crippen LogP contribution >= 0.6 is 11.8 Å². The Morgan fingerprint density at radius 2 is 1.84 bits per heavy atom. The van der Waals surface area contributed by atoms with Gasteiger partial charge in [-0.3, -0.25) is 9.59 Å². The Balaban J connectivity index is 1.97. The number of allylic oxidation sites excluding steroid dienone is 2. The molecule has 0 saturated heterocycles. The predicted molar refractivity (Wildman–Crippen MR) is 127 cm³/mol. The first-order valence-corrected chi connectivity index (χ1v) is 12.1. The molecule has 0 spiro atoms. The average molecular weight is 463 g/mol. The van der Waals surface area contributed by atoms with Crippen molar-refractivity contribution in [2.75, 3.05) is 27.6 Å². The topological polar surface area (TPSA) is 82.1 Å². The second kappa shape index (κ2) is 12.7. The van der Waals surface area contributed by atoms with E-state index in [1.165, 1.54) is 18.9 Å². The molecule has 176 valence electrons. The van der Waals surface area contributed by atoms with Gasteiger partial charge in [0, 0.05) is 12.0 Å². The summed E-state index contributed by atoms with van der Waals surface area (Å²) in [7, 11) is 4.60. The molecule has 0 saturated carbocycles. The van der Waals surface area contributed by atoms with Gasteiger partial charge in [-0.25, -0.2) is 0 Å². The number of ketones is 1. The number of carbonyl (C=O) groups excluding carboxylic acids is 2. The summed E-state index contributed by atoms with van der Waals surface area (Å²) in [4.78, 5) is 24.6. The minimum absolute atomic E-state index is 0.0827. The number of carbonyl (C=O) groups is 2. The van der Waals surface area contributed by atoms with Crippen LogP contribution in [0, 0.1) is 0 Å². The van der Waals surface area contributed by atoms with Crippen molar-refractivity contribution in [3.63, 3.8) is 0 Å². The molecule has 0 amide bonds. The van der Waals surface area contributed by atoms with Gasteiger partial charge < -0.3 is 19.3 Å². The van der Waals surface area contributed by atoms with Crippen molar-refractivity contribution in [2.45, 2.75) is 57.0 Å². The van der Waals surface area contributed by atoms with E-state index in [9.17, 15) is 14.7 Å². The summed E-state index contributed by atoms with van der Waals surface area (Å²) in [5.74, 6) is 1.07. The maximum Gasteiger partial charge on any atom is 0.305 e. The number of hydrogen-bond acceptors (Lipinski definition) is 7. The van der Waals surface area contributed by atoms with E-state index < -0.39 is 5.60 Å². The maximum atomic E-state index is 12.8. The van der Waals surface area contributed by atoms with Gasteiger partial charge in [0.1, 0.15) is 5.60 Å². The zero-order valence-corrected chi connectivity index (χ0v) is 20.3. The Hall–Kier alpha value is -2.25.